The highest BCUT2D eigenvalue weighted by Crippen LogP contribution is 2.61. The van der Waals surface area contributed by atoms with Crippen LogP contribution in [0.4, 0.5) is 17.6 Å². The molecule has 0 N–H and O–H groups in total. The van der Waals surface area contributed by atoms with Gasteiger partial charge in [-0.25, -0.2) is 17.6 Å². The Morgan fingerprint density at radius 2 is 1.65 bits per heavy atom. The van der Waals surface area contributed by atoms with Gasteiger partial charge in [-0.05, 0) is 56.6 Å². The molecule has 2 aliphatic heterocycles. The molecular weight excluding hydrogens is 448 g/mol. The predicted molar refractivity (Wildman–Crippen MR) is 112 cm³/mol. The van der Waals surface area contributed by atoms with E-state index in [-0.39, 0.29) is 23.2 Å². The van der Waals surface area contributed by atoms with Gasteiger partial charge in [0.15, 0.2) is 23.7 Å². The molecule has 5 rings (SSSR count). The number of ether oxygens (including phenoxy) is 1. The van der Waals surface area contributed by atoms with Crippen molar-refractivity contribution in [1.29, 1.82) is 15.8 Å². The summed E-state index contributed by atoms with van der Waals surface area (Å²) in [7, 11) is 0. The summed E-state index contributed by atoms with van der Waals surface area (Å²) in [4.78, 5) is 1.60. The Balaban J connectivity index is 1.46. The second-order valence-electron chi connectivity index (χ2n) is 10.1. The first kappa shape index (κ1) is 22.8. The highest BCUT2D eigenvalue weighted by atomic mass is 19.2. The van der Waals surface area contributed by atoms with Crippen LogP contribution in [0.15, 0.2) is 46.4 Å². The zero-order chi connectivity index (χ0) is 24.5. The zero-order valence-corrected chi connectivity index (χ0v) is 18.6. The van der Waals surface area contributed by atoms with Gasteiger partial charge in [0.25, 0.3) is 0 Å². The number of alkyl halides is 1. The van der Waals surface area contributed by atoms with Crippen LogP contribution >= 0.6 is 0 Å². The van der Waals surface area contributed by atoms with Crippen molar-refractivity contribution >= 4 is 0 Å². The van der Waals surface area contributed by atoms with Crippen LogP contribution in [0.3, 0.4) is 0 Å². The van der Waals surface area contributed by atoms with E-state index in [1.54, 1.807) is 30.9 Å². The van der Waals surface area contributed by atoms with Crippen LogP contribution in [0.1, 0.15) is 33.1 Å². The lowest BCUT2D eigenvalue weighted by Gasteiger charge is -2.28. The Morgan fingerprint density at radius 1 is 1.03 bits per heavy atom. The molecule has 34 heavy (non-hydrogen) atoms. The van der Waals surface area contributed by atoms with Gasteiger partial charge in [0.05, 0.1) is 29.4 Å². The maximum absolute atomic E-state index is 15.1. The van der Waals surface area contributed by atoms with E-state index in [9.17, 15) is 15.8 Å². The van der Waals surface area contributed by atoms with Gasteiger partial charge in [0.1, 0.15) is 18.0 Å². The van der Waals surface area contributed by atoms with Crippen molar-refractivity contribution < 1.29 is 22.3 Å². The molecule has 2 bridgehead atoms. The van der Waals surface area contributed by atoms with Crippen LogP contribution in [0.25, 0.3) is 0 Å². The Bertz CT molecular complexity index is 1170. The average Bonchev–Trinajstić information content (AvgIpc) is 3.09. The van der Waals surface area contributed by atoms with Crippen molar-refractivity contribution in [1.82, 2.24) is 4.90 Å². The Morgan fingerprint density at radius 3 is 2.21 bits per heavy atom. The van der Waals surface area contributed by atoms with Crippen LogP contribution in [0.2, 0.25) is 0 Å². The van der Waals surface area contributed by atoms with Gasteiger partial charge in [-0.2, -0.15) is 15.8 Å². The zero-order valence-electron chi connectivity index (χ0n) is 18.6. The van der Waals surface area contributed by atoms with Crippen molar-refractivity contribution in [2.75, 3.05) is 0 Å². The lowest BCUT2D eigenvalue weighted by atomic mass is 9.90. The van der Waals surface area contributed by atoms with E-state index in [1.807, 2.05) is 6.07 Å². The third-order valence-corrected chi connectivity index (χ3v) is 8.00. The summed E-state index contributed by atoms with van der Waals surface area (Å²) in [5.41, 5.74) is -1.88. The Kier molecular flexibility index (Phi) is 5.24. The van der Waals surface area contributed by atoms with E-state index < -0.39 is 52.9 Å². The van der Waals surface area contributed by atoms with E-state index in [0.29, 0.717) is 11.8 Å². The number of hydrogen-bond donors (Lipinski definition) is 0. The first-order valence-electron chi connectivity index (χ1n) is 11.3. The molecule has 7 unspecified atom stereocenters. The van der Waals surface area contributed by atoms with Gasteiger partial charge in [0.2, 0.25) is 0 Å². The monoisotopic (exact) mass is 470 g/mol. The topological polar surface area (TPSA) is 83.6 Å². The summed E-state index contributed by atoms with van der Waals surface area (Å²) in [6, 6.07) is 3.81. The number of hydrogen-bond acceptors (Lipinski definition) is 5. The molecule has 0 aromatic heterocycles. The molecule has 5 nitrogen and oxygen atoms in total. The molecule has 5 aliphatic rings. The third kappa shape index (κ3) is 3.09. The fourth-order valence-electron chi connectivity index (χ4n) is 6.49. The van der Waals surface area contributed by atoms with Crippen molar-refractivity contribution in [3.8, 4) is 18.2 Å². The molecule has 2 heterocycles. The lowest BCUT2D eigenvalue weighted by Crippen LogP contribution is -2.38. The van der Waals surface area contributed by atoms with Gasteiger partial charge < -0.3 is 4.74 Å². The largest absolute Gasteiger partial charge is 0.360 e. The number of piperidine rings is 1. The molecule has 0 aromatic carbocycles. The van der Waals surface area contributed by atoms with Crippen molar-refractivity contribution in [2.24, 2.45) is 17.8 Å². The maximum Gasteiger partial charge on any atom is 0.174 e. The quantitative estimate of drug-likeness (QED) is 0.436. The normalized spacial score (nSPS) is 40.1. The summed E-state index contributed by atoms with van der Waals surface area (Å²) >= 11 is 0. The number of likely N-dealkylation sites (tertiary alicyclic amines) is 1. The molecular formula is C25H22F4N4O. The summed E-state index contributed by atoms with van der Waals surface area (Å²) in [5.74, 6) is -4.75. The Hall–Kier alpha value is -2.93. The fourth-order valence-corrected chi connectivity index (χ4v) is 6.49. The van der Waals surface area contributed by atoms with E-state index in [1.165, 1.54) is 6.08 Å². The number of nitrogens with zero attached hydrogens (tertiary/aromatic N) is 4. The van der Waals surface area contributed by atoms with Crippen LogP contribution < -0.4 is 0 Å². The van der Waals surface area contributed by atoms with Gasteiger partial charge in [-0.1, -0.05) is 6.08 Å². The van der Waals surface area contributed by atoms with Crippen LogP contribution in [0, 0.1) is 51.7 Å². The molecule has 0 radical (unpaired) electrons. The molecule has 9 heteroatoms. The van der Waals surface area contributed by atoms with Crippen molar-refractivity contribution in [3.63, 3.8) is 0 Å². The summed E-state index contributed by atoms with van der Waals surface area (Å²) < 4.78 is 66.0. The van der Waals surface area contributed by atoms with Gasteiger partial charge in [0, 0.05) is 17.7 Å². The van der Waals surface area contributed by atoms with Crippen LogP contribution in [0.5, 0.6) is 0 Å². The highest BCUT2D eigenvalue weighted by molar-refractivity contribution is 5.53. The minimum atomic E-state index is -2.34. The number of nitriles is 3. The third-order valence-electron chi connectivity index (χ3n) is 8.00. The molecule has 0 amide bonds. The average molecular weight is 470 g/mol. The molecule has 3 fully saturated rings. The van der Waals surface area contributed by atoms with E-state index in [2.05, 4.69) is 0 Å². The first-order valence-corrected chi connectivity index (χ1v) is 11.3. The van der Waals surface area contributed by atoms with Crippen LogP contribution in [-0.4, -0.2) is 40.9 Å². The fraction of sp³-hybridized carbons (Fsp3) is 0.560. The van der Waals surface area contributed by atoms with E-state index >= 15 is 17.6 Å². The smallest absolute Gasteiger partial charge is 0.174 e. The molecule has 1 saturated heterocycles. The first-order chi connectivity index (χ1) is 16.2. The number of rotatable bonds is 4. The SMILES string of the molecule is CC1(C)OC(C(C#N)C#N)C(C#N)=C1/C=C/C1=C(F)C(F)C(N2C3C4CCC(C4)C32)C(F)=C1F. The summed E-state index contributed by atoms with van der Waals surface area (Å²) in [6.07, 6.45) is 1.57. The summed E-state index contributed by atoms with van der Waals surface area (Å²) in [5, 5.41) is 28.0. The molecule has 3 aliphatic carbocycles. The highest BCUT2D eigenvalue weighted by Gasteiger charge is 2.68. The molecule has 2 saturated carbocycles. The van der Waals surface area contributed by atoms with E-state index in [0.717, 1.165) is 25.3 Å². The standard InChI is InChI=1S/C25H22F4N4O/c1-25(2)16(15(10-32)24(34-25)13(8-30)9-31)6-5-14-17(26)19(28)23(20(29)18(14)27)33-21-11-3-4-12(7-11)22(21)33/h5-6,11-13,19,21-24H,3-4,7H2,1-2H3/b6-5+. The minimum absolute atomic E-state index is 0.00429. The number of fused-ring (bicyclic) bond motifs is 5. The second-order valence-corrected chi connectivity index (χ2v) is 10.1. The van der Waals surface area contributed by atoms with Crippen LogP contribution in [-0.2, 0) is 4.74 Å². The molecule has 7 atom stereocenters. The minimum Gasteiger partial charge on any atom is -0.360 e. The molecule has 0 aromatic rings. The van der Waals surface area contributed by atoms with Gasteiger partial charge in [-0.15, -0.1) is 0 Å². The Labute approximate surface area is 194 Å². The molecule has 0 spiro atoms. The molecule has 176 valence electrons. The van der Waals surface area contributed by atoms with Crippen molar-refractivity contribution in [3.05, 3.63) is 46.4 Å². The van der Waals surface area contributed by atoms with Crippen molar-refractivity contribution in [2.45, 2.75) is 69.1 Å². The van der Waals surface area contributed by atoms with Gasteiger partial charge in [-0.3, -0.25) is 4.90 Å². The second kappa shape index (κ2) is 7.80. The predicted octanol–water partition coefficient (Wildman–Crippen LogP) is 4.78. The number of halogens is 4. The summed E-state index contributed by atoms with van der Waals surface area (Å²) in [6.45, 7) is 3.13. The lowest BCUT2D eigenvalue weighted by molar-refractivity contribution is -0.0123. The number of allylic oxidation sites excluding steroid dienone is 3. The maximum atomic E-state index is 15.1. The van der Waals surface area contributed by atoms with Gasteiger partial charge >= 0.3 is 0 Å². The van der Waals surface area contributed by atoms with E-state index in [4.69, 9.17) is 4.74 Å².